The van der Waals surface area contributed by atoms with Crippen molar-refractivity contribution >= 4 is 10.0 Å². The summed E-state index contributed by atoms with van der Waals surface area (Å²) >= 11 is 0. The third kappa shape index (κ3) is 5.23. The fourth-order valence-electron chi connectivity index (χ4n) is 2.16. The van der Waals surface area contributed by atoms with E-state index >= 15 is 0 Å². The topological polar surface area (TPSA) is 49.4 Å². The summed E-state index contributed by atoms with van der Waals surface area (Å²) in [5.74, 6) is 0.0854. The quantitative estimate of drug-likeness (QED) is 0.761. The molecule has 5 heteroatoms. The summed E-state index contributed by atoms with van der Waals surface area (Å²) in [4.78, 5) is 0. The zero-order valence-electron chi connectivity index (χ0n) is 12.7. The second kappa shape index (κ2) is 8.39. The van der Waals surface area contributed by atoms with E-state index in [-0.39, 0.29) is 5.75 Å². The average molecular weight is 298 g/mol. The van der Waals surface area contributed by atoms with Crippen LogP contribution in [0.5, 0.6) is 0 Å². The SMILES string of the molecule is CCCCN(CC)S(=O)(=O)Cc1cccc(CNC)c1. The highest BCUT2D eigenvalue weighted by Gasteiger charge is 2.20. The molecule has 0 fully saturated rings. The summed E-state index contributed by atoms with van der Waals surface area (Å²) in [5, 5.41) is 3.08. The van der Waals surface area contributed by atoms with Gasteiger partial charge in [0.15, 0.2) is 0 Å². The molecule has 1 aromatic rings. The Morgan fingerprint density at radius 1 is 1.20 bits per heavy atom. The van der Waals surface area contributed by atoms with Gasteiger partial charge in [-0.3, -0.25) is 0 Å². The Morgan fingerprint density at radius 2 is 1.90 bits per heavy atom. The van der Waals surface area contributed by atoms with Crippen LogP contribution in [0.2, 0.25) is 0 Å². The lowest BCUT2D eigenvalue weighted by molar-refractivity contribution is 0.418. The van der Waals surface area contributed by atoms with Crippen LogP contribution < -0.4 is 5.32 Å². The Labute approximate surface area is 123 Å². The normalized spacial score (nSPS) is 12.0. The zero-order valence-corrected chi connectivity index (χ0v) is 13.5. The van der Waals surface area contributed by atoms with Gasteiger partial charge in [0.1, 0.15) is 0 Å². The molecule has 0 heterocycles. The van der Waals surface area contributed by atoms with Crippen molar-refractivity contribution in [2.24, 2.45) is 0 Å². The molecule has 0 aliphatic carbocycles. The molecule has 0 saturated heterocycles. The summed E-state index contributed by atoms with van der Waals surface area (Å²) in [5.41, 5.74) is 1.96. The van der Waals surface area contributed by atoms with Gasteiger partial charge in [0.05, 0.1) is 5.75 Å². The van der Waals surface area contributed by atoms with Gasteiger partial charge in [0, 0.05) is 19.6 Å². The molecule has 0 aromatic heterocycles. The van der Waals surface area contributed by atoms with E-state index < -0.39 is 10.0 Å². The monoisotopic (exact) mass is 298 g/mol. The largest absolute Gasteiger partial charge is 0.316 e. The van der Waals surface area contributed by atoms with Crippen LogP contribution >= 0.6 is 0 Å². The van der Waals surface area contributed by atoms with E-state index in [1.807, 2.05) is 38.2 Å². The Hall–Kier alpha value is -0.910. The second-order valence-corrected chi connectivity index (χ2v) is 6.92. The Bertz CT molecular complexity index is 500. The molecule has 0 unspecified atom stereocenters. The molecule has 0 spiro atoms. The van der Waals surface area contributed by atoms with Crippen LogP contribution in [0, 0.1) is 0 Å². The number of hydrogen-bond acceptors (Lipinski definition) is 3. The van der Waals surface area contributed by atoms with Gasteiger partial charge in [-0.15, -0.1) is 0 Å². The van der Waals surface area contributed by atoms with Gasteiger partial charge in [0.2, 0.25) is 10.0 Å². The van der Waals surface area contributed by atoms with E-state index in [2.05, 4.69) is 12.2 Å². The van der Waals surface area contributed by atoms with Crippen LogP contribution in [0.4, 0.5) is 0 Å². The number of sulfonamides is 1. The molecule has 1 N–H and O–H groups in total. The number of benzene rings is 1. The zero-order chi connectivity index (χ0) is 15.0. The highest BCUT2D eigenvalue weighted by Crippen LogP contribution is 2.13. The minimum absolute atomic E-state index is 0.0854. The molecule has 0 saturated carbocycles. The maximum Gasteiger partial charge on any atom is 0.218 e. The molecule has 0 atom stereocenters. The molecule has 0 aliphatic heterocycles. The smallest absolute Gasteiger partial charge is 0.218 e. The first-order valence-corrected chi connectivity index (χ1v) is 8.84. The summed E-state index contributed by atoms with van der Waals surface area (Å²) in [6.45, 7) is 5.87. The molecule has 0 bridgehead atoms. The van der Waals surface area contributed by atoms with Gasteiger partial charge >= 0.3 is 0 Å². The van der Waals surface area contributed by atoms with Crippen LogP contribution in [0.15, 0.2) is 24.3 Å². The Morgan fingerprint density at radius 3 is 2.50 bits per heavy atom. The van der Waals surface area contributed by atoms with Crippen molar-refractivity contribution in [2.75, 3.05) is 20.1 Å². The fraction of sp³-hybridized carbons (Fsp3) is 0.600. The Kier molecular flexibility index (Phi) is 7.19. The molecule has 1 rings (SSSR count). The number of hydrogen-bond donors (Lipinski definition) is 1. The minimum atomic E-state index is -3.22. The minimum Gasteiger partial charge on any atom is -0.316 e. The molecule has 4 nitrogen and oxygen atoms in total. The molecule has 1 aromatic carbocycles. The molecule has 0 aliphatic rings. The molecule has 114 valence electrons. The molecule has 20 heavy (non-hydrogen) atoms. The van der Waals surface area contributed by atoms with Gasteiger partial charge in [-0.2, -0.15) is 0 Å². The summed E-state index contributed by atoms with van der Waals surface area (Å²) in [6, 6.07) is 7.76. The number of rotatable bonds is 9. The lowest BCUT2D eigenvalue weighted by Crippen LogP contribution is -2.32. The van der Waals surface area contributed by atoms with Gasteiger partial charge in [0.25, 0.3) is 0 Å². The van der Waals surface area contributed by atoms with Gasteiger partial charge < -0.3 is 5.32 Å². The maximum absolute atomic E-state index is 12.4. The lowest BCUT2D eigenvalue weighted by Gasteiger charge is -2.20. The van der Waals surface area contributed by atoms with Crippen LogP contribution in [0.3, 0.4) is 0 Å². The molecule has 0 amide bonds. The van der Waals surface area contributed by atoms with Gasteiger partial charge in [-0.25, -0.2) is 12.7 Å². The highest BCUT2D eigenvalue weighted by atomic mass is 32.2. The van der Waals surface area contributed by atoms with Crippen molar-refractivity contribution in [3.63, 3.8) is 0 Å². The first-order valence-electron chi connectivity index (χ1n) is 7.23. The van der Waals surface area contributed by atoms with Crippen molar-refractivity contribution in [3.8, 4) is 0 Å². The first kappa shape index (κ1) is 17.1. The third-order valence-corrected chi connectivity index (χ3v) is 5.15. The van der Waals surface area contributed by atoms with Crippen molar-refractivity contribution in [3.05, 3.63) is 35.4 Å². The number of nitrogens with one attached hydrogen (secondary N) is 1. The van der Waals surface area contributed by atoms with E-state index in [1.54, 1.807) is 4.31 Å². The Balaban J connectivity index is 2.81. The third-order valence-electron chi connectivity index (χ3n) is 3.23. The van der Waals surface area contributed by atoms with Crippen molar-refractivity contribution < 1.29 is 8.42 Å². The fourth-order valence-corrected chi connectivity index (χ4v) is 3.75. The van der Waals surface area contributed by atoms with Crippen molar-refractivity contribution in [1.82, 2.24) is 9.62 Å². The lowest BCUT2D eigenvalue weighted by atomic mass is 10.1. The van der Waals surface area contributed by atoms with E-state index in [1.165, 1.54) is 0 Å². The van der Waals surface area contributed by atoms with Crippen LogP contribution in [-0.2, 0) is 22.3 Å². The summed E-state index contributed by atoms with van der Waals surface area (Å²) < 4.78 is 26.4. The van der Waals surface area contributed by atoms with Crippen molar-refractivity contribution in [1.29, 1.82) is 0 Å². The van der Waals surface area contributed by atoms with E-state index in [0.29, 0.717) is 13.1 Å². The predicted molar refractivity (Wildman–Crippen MR) is 84.0 cm³/mol. The van der Waals surface area contributed by atoms with E-state index in [4.69, 9.17) is 0 Å². The van der Waals surface area contributed by atoms with Crippen molar-refractivity contribution in [2.45, 2.75) is 39.0 Å². The summed E-state index contributed by atoms with van der Waals surface area (Å²) in [7, 11) is -1.33. The average Bonchev–Trinajstić information content (AvgIpc) is 2.39. The highest BCUT2D eigenvalue weighted by molar-refractivity contribution is 7.88. The van der Waals surface area contributed by atoms with Crippen LogP contribution in [-0.4, -0.2) is 32.9 Å². The second-order valence-electron chi connectivity index (χ2n) is 4.95. The van der Waals surface area contributed by atoms with Gasteiger partial charge in [-0.1, -0.05) is 44.5 Å². The summed E-state index contributed by atoms with van der Waals surface area (Å²) in [6.07, 6.45) is 1.91. The number of nitrogens with zero attached hydrogens (tertiary/aromatic N) is 1. The standard InChI is InChI=1S/C15H26N2O2S/c1-4-6-10-17(5-2)20(18,19)13-15-9-7-8-14(11-15)12-16-3/h7-9,11,16H,4-6,10,12-13H2,1-3H3. The first-order chi connectivity index (χ1) is 9.53. The van der Waals surface area contributed by atoms with Gasteiger partial charge in [-0.05, 0) is 24.6 Å². The van der Waals surface area contributed by atoms with E-state index in [0.717, 1.165) is 30.5 Å². The number of unbranched alkanes of at least 4 members (excludes halogenated alkanes) is 1. The molecular weight excluding hydrogens is 272 g/mol. The molecular formula is C15H26N2O2S. The van der Waals surface area contributed by atoms with Crippen LogP contribution in [0.1, 0.15) is 37.8 Å². The maximum atomic E-state index is 12.4. The predicted octanol–water partition coefficient (Wildman–Crippen LogP) is 2.36. The van der Waals surface area contributed by atoms with E-state index in [9.17, 15) is 8.42 Å². The van der Waals surface area contributed by atoms with Crippen LogP contribution in [0.25, 0.3) is 0 Å². The molecule has 0 radical (unpaired) electrons.